The van der Waals surface area contributed by atoms with Crippen molar-refractivity contribution in [1.82, 2.24) is 14.8 Å². The molecule has 0 aromatic carbocycles. The van der Waals surface area contributed by atoms with Crippen molar-refractivity contribution in [2.75, 3.05) is 5.32 Å². The highest BCUT2D eigenvalue weighted by Crippen LogP contribution is 2.25. The van der Waals surface area contributed by atoms with Gasteiger partial charge in [-0.05, 0) is 23.4 Å². The van der Waals surface area contributed by atoms with E-state index < -0.39 is 0 Å². The molecule has 3 aromatic rings. The fourth-order valence-electron chi connectivity index (χ4n) is 2.16. The third-order valence-corrected chi connectivity index (χ3v) is 4.88. The standard InChI is InChI=1S/C14H16N4OS2/c1-8(2)6-12-16-17-14(21-12)15-13(19)10-7-11-9(18(10)3)4-5-20-11/h4-5,7-8H,6H2,1-3H3,(H,15,17,19). The van der Waals surface area contributed by atoms with E-state index in [1.807, 2.05) is 29.1 Å². The molecule has 0 bridgehead atoms. The van der Waals surface area contributed by atoms with E-state index in [9.17, 15) is 4.79 Å². The highest BCUT2D eigenvalue weighted by Gasteiger charge is 2.16. The molecule has 1 N–H and O–H groups in total. The molecule has 3 rings (SSSR count). The van der Waals surface area contributed by atoms with E-state index >= 15 is 0 Å². The number of nitrogens with one attached hydrogen (secondary N) is 1. The summed E-state index contributed by atoms with van der Waals surface area (Å²) in [6.45, 7) is 4.27. The molecule has 0 spiro atoms. The molecule has 5 nitrogen and oxygen atoms in total. The number of nitrogens with zero attached hydrogens (tertiary/aromatic N) is 3. The second kappa shape index (κ2) is 5.57. The van der Waals surface area contributed by atoms with E-state index in [1.54, 1.807) is 11.3 Å². The van der Waals surface area contributed by atoms with Gasteiger partial charge in [-0.25, -0.2) is 0 Å². The van der Waals surface area contributed by atoms with E-state index in [1.165, 1.54) is 11.3 Å². The summed E-state index contributed by atoms with van der Waals surface area (Å²) in [4.78, 5) is 12.3. The number of hydrogen-bond acceptors (Lipinski definition) is 5. The van der Waals surface area contributed by atoms with Crippen LogP contribution in [-0.4, -0.2) is 20.7 Å². The van der Waals surface area contributed by atoms with Crippen molar-refractivity contribution in [3.05, 3.63) is 28.2 Å². The molecule has 21 heavy (non-hydrogen) atoms. The van der Waals surface area contributed by atoms with Crippen LogP contribution in [0.4, 0.5) is 5.13 Å². The van der Waals surface area contributed by atoms with Gasteiger partial charge < -0.3 is 4.57 Å². The lowest BCUT2D eigenvalue weighted by Gasteiger charge is -2.03. The molecule has 0 fully saturated rings. The quantitative estimate of drug-likeness (QED) is 0.800. The Labute approximate surface area is 130 Å². The Hall–Kier alpha value is -1.73. The lowest BCUT2D eigenvalue weighted by atomic mass is 10.1. The Morgan fingerprint density at radius 3 is 2.95 bits per heavy atom. The van der Waals surface area contributed by atoms with Crippen LogP contribution >= 0.6 is 22.7 Å². The lowest BCUT2D eigenvalue weighted by molar-refractivity contribution is 0.101. The van der Waals surface area contributed by atoms with Gasteiger partial charge in [0.05, 0.1) is 10.2 Å². The number of fused-ring (bicyclic) bond motifs is 1. The highest BCUT2D eigenvalue weighted by atomic mass is 32.1. The minimum Gasteiger partial charge on any atom is -0.339 e. The molecular weight excluding hydrogens is 304 g/mol. The molecule has 0 aliphatic rings. The van der Waals surface area contributed by atoms with Gasteiger partial charge in [0.15, 0.2) is 0 Å². The maximum Gasteiger partial charge on any atom is 0.274 e. The summed E-state index contributed by atoms with van der Waals surface area (Å²) in [6, 6.07) is 3.92. The molecule has 0 aliphatic carbocycles. The average molecular weight is 320 g/mol. The SMILES string of the molecule is CC(C)Cc1nnc(NC(=O)c2cc3sccc3n2C)s1. The molecule has 0 aliphatic heterocycles. The number of rotatable bonds is 4. The van der Waals surface area contributed by atoms with Gasteiger partial charge in [-0.15, -0.1) is 21.5 Å². The minimum absolute atomic E-state index is 0.145. The Morgan fingerprint density at radius 1 is 1.43 bits per heavy atom. The van der Waals surface area contributed by atoms with Crippen molar-refractivity contribution in [1.29, 1.82) is 0 Å². The highest BCUT2D eigenvalue weighted by molar-refractivity contribution is 7.17. The maximum atomic E-state index is 12.3. The summed E-state index contributed by atoms with van der Waals surface area (Å²) in [7, 11) is 1.90. The van der Waals surface area contributed by atoms with Crippen LogP contribution in [0.5, 0.6) is 0 Å². The first kappa shape index (κ1) is 14.2. The van der Waals surface area contributed by atoms with Crippen molar-refractivity contribution in [3.63, 3.8) is 0 Å². The zero-order chi connectivity index (χ0) is 15.0. The summed E-state index contributed by atoms with van der Waals surface area (Å²) in [5.41, 5.74) is 1.71. The zero-order valence-electron chi connectivity index (χ0n) is 12.1. The fourth-order valence-corrected chi connectivity index (χ4v) is 3.96. The molecule has 3 heterocycles. The van der Waals surface area contributed by atoms with Crippen LogP contribution < -0.4 is 5.32 Å². The first-order chi connectivity index (χ1) is 10.0. The number of anilines is 1. The predicted molar refractivity (Wildman–Crippen MR) is 87.2 cm³/mol. The third kappa shape index (κ3) is 2.84. The normalized spacial score (nSPS) is 11.4. The molecule has 7 heteroatoms. The van der Waals surface area contributed by atoms with Gasteiger partial charge in [0.1, 0.15) is 10.7 Å². The van der Waals surface area contributed by atoms with Gasteiger partial charge in [-0.3, -0.25) is 10.1 Å². The summed E-state index contributed by atoms with van der Waals surface area (Å²) in [6.07, 6.45) is 0.882. The summed E-state index contributed by atoms with van der Waals surface area (Å²) in [5, 5.41) is 14.5. The number of carbonyl (C=O) groups excluding carboxylic acids is 1. The zero-order valence-corrected chi connectivity index (χ0v) is 13.7. The number of aryl methyl sites for hydroxylation is 1. The Morgan fingerprint density at radius 2 is 2.24 bits per heavy atom. The molecule has 0 atom stereocenters. The maximum absolute atomic E-state index is 12.3. The summed E-state index contributed by atoms with van der Waals surface area (Å²) in [5.74, 6) is 0.384. The predicted octanol–water partition coefficient (Wildman–Crippen LogP) is 3.54. The molecule has 0 radical (unpaired) electrons. The van der Waals surface area contributed by atoms with Gasteiger partial charge in [-0.2, -0.15) is 0 Å². The van der Waals surface area contributed by atoms with Gasteiger partial charge in [0, 0.05) is 13.5 Å². The smallest absolute Gasteiger partial charge is 0.274 e. The Bertz CT molecular complexity index is 784. The van der Waals surface area contributed by atoms with Crippen molar-refractivity contribution in [3.8, 4) is 0 Å². The summed E-state index contributed by atoms with van der Waals surface area (Å²) >= 11 is 3.07. The average Bonchev–Trinajstić information content (AvgIpc) is 3.08. The largest absolute Gasteiger partial charge is 0.339 e. The van der Waals surface area contributed by atoms with Crippen LogP contribution in [-0.2, 0) is 13.5 Å². The van der Waals surface area contributed by atoms with Crippen molar-refractivity contribution in [2.24, 2.45) is 13.0 Å². The topological polar surface area (TPSA) is 59.8 Å². The number of carbonyl (C=O) groups is 1. The van der Waals surface area contributed by atoms with Crippen molar-refractivity contribution in [2.45, 2.75) is 20.3 Å². The Balaban J connectivity index is 1.78. The van der Waals surface area contributed by atoms with Crippen LogP contribution in [0.3, 0.4) is 0 Å². The molecule has 110 valence electrons. The van der Waals surface area contributed by atoms with E-state index in [2.05, 4.69) is 29.4 Å². The summed E-state index contributed by atoms with van der Waals surface area (Å²) < 4.78 is 3.01. The first-order valence-corrected chi connectivity index (χ1v) is 8.41. The van der Waals surface area contributed by atoms with Gasteiger partial charge >= 0.3 is 0 Å². The number of amides is 1. The molecular formula is C14H16N4OS2. The van der Waals surface area contributed by atoms with Crippen molar-refractivity contribution >= 4 is 43.9 Å². The number of thiophene rings is 1. The van der Waals surface area contributed by atoms with Gasteiger partial charge in [0.25, 0.3) is 5.91 Å². The van der Waals surface area contributed by atoms with Crippen molar-refractivity contribution < 1.29 is 4.79 Å². The molecule has 1 amide bonds. The van der Waals surface area contributed by atoms with Crippen LogP contribution in [0.1, 0.15) is 29.3 Å². The molecule has 0 saturated heterocycles. The lowest BCUT2D eigenvalue weighted by Crippen LogP contribution is -2.15. The monoisotopic (exact) mass is 320 g/mol. The fraction of sp³-hybridized carbons (Fsp3) is 0.357. The second-order valence-corrected chi connectivity index (χ2v) is 7.32. The van der Waals surface area contributed by atoms with Gasteiger partial charge in [0.2, 0.25) is 5.13 Å². The molecule has 3 aromatic heterocycles. The van der Waals surface area contributed by atoms with Crippen LogP contribution in [0.15, 0.2) is 17.5 Å². The van der Waals surface area contributed by atoms with E-state index in [0.717, 1.165) is 21.6 Å². The van der Waals surface area contributed by atoms with E-state index in [0.29, 0.717) is 16.7 Å². The van der Waals surface area contributed by atoms with E-state index in [-0.39, 0.29) is 5.91 Å². The minimum atomic E-state index is -0.145. The molecule has 0 saturated carbocycles. The Kier molecular flexibility index (Phi) is 3.77. The molecule has 0 unspecified atom stereocenters. The first-order valence-electron chi connectivity index (χ1n) is 6.71. The third-order valence-electron chi connectivity index (χ3n) is 3.17. The number of hydrogen-bond donors (Lipinski definition) is 1. The van der Waals surface area contributed by atoms with Crippen LogP contribution in [0.2, 0.25) is 0 Å². The van der Waals surface area contributed by atoms with Crippen LogP contribution in [0.25, 0.3) is 10.2 Å². The second-order valence-electron chi connectivity index (χ2n) is 5.31. The van der Waals surface area contributed by atoms with Gasteiger partial charge in [-0.1, -0.05) is 25.2 Å². The number of aromatic nitrogens is 3. The van der Waals surface area contributed by atoms with Crippen LogP contribution in [0, 0.1) is 5.92 Å². The van der Waals surface area contributed by atoms with E-state index in [4.69, 9.17) is 0 Å².